The first-order chi connectivity index (χ1) is 8.33. The molecule has 1 unspecified atom stereocenters. The van der Waals surface area contributed by atoms with Crippen molar-refractivity contribution in [3.05, 3.63) is 29.8 Å². The number of rotatable bonds is 5. The molecule has 2 nitrogen and oxygen atoms in total. The molecule has 0 saturated heterocycles. The zero-order chi connectivity index (χ0) is 13.8. The molecule has 0 fully saturated rings. The number of aryl methyl sites for hydroxylation is 1. The zero-order valence-corrected chi connectivity index (χ0v) is 12.7. The summed E-state index contributed by atoms with van der Waals surface area (Å²) in [6.45, 7) is 12.1. The molecule has 2 heteroatoms. The van der Waals surface area contributed by atoms with Crippen LogP contribution in [0.5, 0.6) is 0 Å². The Hall–Kier alpha value is -1.02. The summed E-state index contributed by atoms with van der Waals surface area (Å²) in [5, 5.41) is 3.60. The highest BCUT2D eigenvalue weighted by Crippen LogP contribution is 2.18. The van der Waals surface area contributed by atoms with Crippen LogP contribution >= 0.6 is 0 Å². The molecule has 1 aromatic rings. The third-order valence-corrected chi connectivity index (χ3v) is 3.30. The lowest BCUT2D eigenvalue weighted by Crippen LogP contribution is -2.46. The Balaban J connectivity index is 2.70. The van der Waals surface area contributed by atoms with E-state index in [4.69, 9.17) is 0 Å². The first kappa shape index (κ1) is 15.0. The summed E-state index contributed by atoms with van der Waals surface area (Å²) < 4.78 is 0. The Morgan fingerprint density at radius 3 is 2.44 bits per heavy atom. The van der Waals surface area contributed by atoms with Gasteiger partial charge in [-0.05, 0) is 51.8 Å². The highest BCUT2D eigenvalue weighted by molar-refractivity contribution is 5.48. The molecular formula is C16H28N2. The van der Waals surface area contributed by atoms with Gasteiger partial charge in [0, 0.05) is 30.9 Å². The average Bonchev–Trinajstić information content (AvgIpc) is 2.28. The van der Waals surface area contributed by atoms with Crippen molar-refractivity contribution < 1.29 is 0 Å². The second-order valence-electron chi connectivity index (χ2n) is 6.14. The van der Waals surface area contributed by atoms with E-state index in [1.54, 1.807) is 0 Å². The van der Waals surface area contributed by atoms with Gasteiger partial charge >= 0.3 is 0 Å². The van der Waals surface area contributed by atoms with E-state index in [2.05, 4.69) is 76.1 Å². The van der Waals surface area contributed by atoms with Crippen molar-refractivity contribution in [3.8, 4) is 0 Å². The highest BCUT2D eigenvalue weighted by Gasteiger charge is 2.16. The van der Waals surface area contributed by atoms with Gasteiger partial charge in [0.25, 0.3) is 0 Å². The van der Waals surface area contributed by atoms with Crippen molar-refractivity contribution in [2.45, 2.75) is 52.6 Å². The summed E-state index contributed by atoms with van der Waals surface area (Å²) in [4.78, 5) is 2.38. The van der Waals surface area contributed by atoms with E-state index in [1.807, 2.05) is 0 Å². The van der Waals surface area contributed by atoms with Crippen LogP contribution in [-0.2, 0) is 0 Å². The average molecular weight is 248 g/mol. The molecule has 1 N–H and O–H groups in total. The van der Waals surface area contributed by atoms with Crippen molar-refractivity contribution in [1.29, 1.82) is 0 Å². The van der Waals surface area contributed by atoms with Crippen LogP contribution in [0.3, 0.4) is 0 Å². The molecule has 0 amide bonds. The minimum Gasteiger partial charge on any atom is -0.370 e. The lowest BCUT2D eigenvalue weighted by atomic mass is 10.1. The molecular weight excluding hydrogens is 220 g/mol. The normalized spacial score (nSPS) is 13.4. The smallest absolute Gasteiger partial charge is 0.0408 e. The molecule has 1 aromatic carbocycles. The van der Waals surface area contributed by atoms with Crippen molar-refractivity contribution in [3.63, 3.8) is 0 Å². The predicted octanol–water partition coefficient (Wildman–Crippen LogP) is 3.60. The Kier molecular flexibility index (Phi) is 5.21. The molecule has 1 rings (SSSR count). The van der Waals surface area contributed by atoms with E-state index in [0.717, 1.165) is 13.0 Å². The van der Waals surface area contributed by atoms with Gasteiger partial charge in [0.15, 0.2) is 0 Å². The van der Waals surface area contributed by atoms with E-state index in [9.17, 15) is 0 Å². The quantitative estimate of drug-likeness (QED) is 0.856. The maximum atomic E-state index is 3.60. The second-order valence-corrected chi connectivity index (χ2v) is 6.14. The Morgan fingerprint density at radius 1 is 1.28 bits per heavy atom. The number of hydrogen-bond acceptors (Lipinski definition) is 2. The van der Waals surface area contributed by atoms with Gasteiger partial charge in [0.05, 0.1) is 0 Å². The molecule has 18 heavy (non-hydrogen) atoms. The molecule has 0 bridgehead atoms. The molecule has 0 aromatic heterocycles. The minimum absolute atomic E-state index is 0.181. The van der Waals surface area contributed by atoms with Crippen molar-refractivity contribution in [1.82, 2.24) is 5.32 Å². The predicted molar refractivity (Wildman–Crippen MR) is 81.4 cm³/mol. The molecule has 0 radical (unpaired) electrons. The lowest BCUT2D eigenvalue weighted by Gasteiger charge is -2.32. The van der Waals surface area contributed by atoms with Crippen LogP contribution in [0, 0.1) is 6.92 Å². The van der Waals surface area contributed by atoms with Gasteiger partial charge in [-0.3, -0.25) is 0 Å². The Bertz CT molecular complexity index is 366. The molecule has 0 aliphatic rings. The third-order valence-electron chi connectivity index (χ3n) is 3.30. The van der Waals surface area contributed by atoms with Gasteiger partial charge in [0.1, 0.15) is 0 Å². The number of nitrogens with one attached hydrogen (secondary N) is 1. The number of anilines is 1. The van der Waals surface area contributed by atoms with Gasteiger partial charge in [-0.1, -0.05) is 19.1 Å². The molecule has 1 atom stereocenters. The SMILES string of the molecule is CCC(CNC(C)(C)C)N(C)c1cccc(C)c1. The summed E-state index contributed by atoms with van der Waals surface area (Å²) >= 11 is 0. The van der Waals surface area contributed by atoms with Crippen molar-refractivity contribution in [2.75, 3.05) is 18.5 Å². The maximum Gasteiger partial charge on any atom is 0.0408 e. The third kappa shape index (κ3) is 4.69. The second kappa shape index (κ2) is 6.24. The summed E-state index contributed by atoms with van der Waals surface area (Å²) in [5.74, 6) is 0. The lowest BCUT2D eigenvalue weighted by molar-refractivity contribution is 0.397. The summed E-state index contributed by atoms with van der Waals surface area (Å²) in [5.41, 5.74) is 2.80. The summed E-state index contributed by atoms with van der Waals surface area (Å²) in [6, 6.07) is 9.24. The fourth-order valence-electron chi connectivity index (χ4n) is 2.04. The van der Waals surface area contributed by atoms with Crippen LogP contribution in [0.15, 0.2) is 24.3 Å². The van der Waals surface area contributed by atoms with Crippen LogP contribution < -0.4 is 10.2 Å². The van der Waals surface area contributed by atoms with Crippen LogP contribution in [0.25, 0.3) is 0 Å². The van der Waals surface area contributed by atoms with Gasteiger partial charge in [-0.25, -0.2) is 0 Å². The summed E-state index contributed by atoms with van der Waals surface area (Å²) in [6.07, 6.45) is 1.15. The van der Waals surface area contributed by atoms with E-state index in [1.165, 1.54) is 11.3 Å². The largest absolute Gasteiger partial charge is 0.370 e. The first-order valence-electron chi connectivity index (χ1n) is 6.88. The van der Waals surface area contributed by atoms with Crippen LogP contribution in [0.2, 0.25) is 0 Å². The van der Waals surface area contributed by atoms with Gasteiger partial charge in [-0.15, -0.1) is 0 Å². The highest BCUT2D eigenvalue weighted by atomic mass is 15.2. The standard InChI is InChI=1S/C16H28N2/c1-7-14(12-17-16(3,4)5)18(6)15-10-8-9-13(2)11-15/h8-11,14,17H,7,12H2,1-6H3. The monoisotopic (exact) mass is 248 g/mol. The van der Waals surface area contributed by atoms with E-state index in [0.29, 0.717) is 6.04 Å². The molecule has 0 saturated carbocycles. The summed E-state index contributed by atoms with van der Waals surface area (Å²) in [7, 11) is 2.19. The number of nitrogens with zero attached hydrogens (tertiary/aromatic N) is 1. The number of hydrogen-bond donors (Lipinski definition) is 1. The fourth-order valence-corrected chi connectivity index (χ4v) is 2.04. The van der Waals surface area contributed by atoms with Crippen molar-refractivity contribution in [2.24, 2.45) is 0 Å². The molecule has 0 spiro atoms. The van der Waals surface area contributed by atoms with E-state index < -0.39 is 0 Å². The van der Waals surface area contributed by atoms with Gasteiger partial charge in [0.2, 0.25) is 0 Å². The number of likely N-dealkylation sites (N-methyl/N-ethyl adjacent to an activating group) is 1. The van der Waals surface area contributed by atoms with Crippen molar-refractivity contribution >= 4 is 5.69 Å². The first-order valence-corrected chi connectivity index (χ1v) is 6.88. The Labute approximate surface area is 112 Å². The Morgan fingerprint density at radius 2 is 1.94 bits per heavy atom. The topological polar surface area (TPSA) is 15.3 Å². The minimum atomic E-state index is 0.181. The van der Waals surface area contributed by atoms with Crippen LogP contribution in [-0.4, -0.2) is 25.2 Å². The van der Waals surface area contributed by atoms with E-state index >= 15 is 0 Å². The van der Waals surface area contributed by atoms with Crippen LogP contribution in [0.1, 0.15) is 39.7 Å². The molecule has 0 aliphatic heterocycles. The van der Waals surface area contributed by atoms with Crippen LogP contribution in [0.4, 0.5) is 5.69 Å². The van der Waals surface area contributed by atoms with Gasteiger partial charge in [-0.2, -0.15) is 0 Å². The molecule has 0 aliphatic carbocycles. The molecule has 0 heterocycles. The maximum absolute atomic E-state index is 3.60. The molecule has 102 valence electrons. The van der Waals surface area contributed by atoms with E-state index in [-0.39, 0.29) is 5.54 Å². The zero-order valence-electron chi connectivity index (χ0n) is 12.7. The fraction of sp³-hybridized carbons (Fsp3) is 0.625. The van der Waals surface area contributed by atoms with Gasteiger partial charge < -0.3 is 10.2 Å². The number of benzene rings is 1.